The van der Waals surface area contributed by atoms with Crippen LogP contribution in [0.25, 0.3) is 0 Å². The number of ether oxygens (including phenoxy) is 1. The molecule has 110 valence electrons. The lowest BCUT2D eigenvalue weighted by Gasteiger charge is -2.16. The van der Waals surface area contributed by atoms with Gasteiger partial charge in [0.2, 0.25) is 0 Å². The number of aryl methyl sites for hydroxylation is 1. The molecule has 1 unspecified atom stereocenters. The van der Waals surface area contributed by atoms with Gasteiger partial charge in [-0.05, 0) is 49.6 Å². The number of hydrogen-bond acceptors (Lipinski definition) is 1. The summed E-state index contributed by atoms with van der Waals surface area (Å²) in [6.45, 7) is 6.06. The molecule has 0 saturated carbocycles. The Morgan fingerprint density at radius 3 is 2.67 bits per heavy atom. The van der Waals surface area contributed by atoms with Gasteiger partial charge < -0.3 is 4.74 Å². The van der Waals surface area contributed by atoms with Crippen LogP contribution in [0.1, 0.15) is 40.9 Å². The van der Waals surface area contributed by atoms with E-state index < -0.39 is 0 Å². The topological polar surface area (TPSA) is 9.23 Å². The average Bonchev–Trinajstić information content (AvgIpc) is 2.70. The third kappa shape index (κ3) is 2.84. The van der Waals surface area contributed by atoms with Crippen molar-refractivity contribution in [2.24, 2.45) is 0 Å². The summed E-state index contributed by atoms with van der Waals surface area (Å²) in [4.78, 5) is -0.146. The Labute approximate surface area is 133 Å². The second kappa shape index (κ2) is 5.13. The molecule has 0 saturated heterocycles. The summed E-state index contributed by atoms with van der Waals surface area (Å²) in [5.41, 5.74) is 3.68. The van der Waals surface area contributed by atoms with Crippen molar-refractivity contribution < 1.29 is 9.13 Å². The highest BCUT2D eigenvalue weighted by molar-refractivity contribution is 9.09. The smallest absolute Gasteiger partial charge is 0.128 e. The Morgan fingerprint density at radius 2 is 1.95 bits per heavy atom. The lowest BCUT2D eigenvalue weighted by atomic mass is 9.97. The highest BCUT2D eigenvalue weighted by atomic mass is 79.9. The first-order chi connectivity index (χ1) is 9.85. The Morgan fingerprint density at radius 1 is 1.19 bits per heavy atom. The first-order valence-electron chi connectivity index (χ1n) is 7.08. The molecule has 0 aromatic heterocycles. The van der Waals surface area contributed by atoms with Gasteiger partial charge in [-0.15, -0.1) is 0 Å². The first-order valence-corrected chi connectivity index (χ1v) is 7.99. The van der Waals surface area contributed by atoms with Crippen molar-refractivity contribution in [2.45, 2.75) is 37.6 Å². The van der Waals surface area contributed by atoms with Crippen LogP contribution < -0.4 is 4.74 Å². The van der Waals surface area contributed by atoms with E-state index in [9.17, 15) is 4.39 Å². The normalized spacial score (nSPS) is 17.2. The van der Waals surface area contributed by atoms with Crippen molar-refractivity contribution in [1.29, 1.82) is 0 Å². The minimum Gasteiger partial charge on any atom is -0.487 e. The molecule has 0 aliphatic carbocycles. The molecule has 1 heterocycles. The number of alkyl halides is 1. The maximum absolute atomic E-state index is 14.1. The van der Waals surface area contributed by atoms with Crippen molar-refractivity contribution in [3.63, 3.8) is 0 Å². The van der Waals surface area contributed by atoms with Crippen LogP contribution >= 0.6 is 15.9 Å². The van der Waals surface area contributed by atoms with Crippen LogP contribution in [0.4, 0.5) is 4.39 Å². The maximum atomic E-state index is 14.1. The molecular formula is C18H18BrFO. The molecule has 1 nitrogen and oxygen atoms in total. The largest absolute Gasteiger partial charge is 0.487 e. The third-order valence-electron chi connectivity index (χ3n) is 3.81. The van der Waals surface area contributed by atoms with Crippen LogP contribution in [0, 0.1) is 12.7 Å². The van der Waals surface area contributed by atoms with Gasteiger partial charge in [-0.25, -0.2) is 4.39 Å². The Kier molecular flexibility index (Phi) is 3.56. The monoisotopic (exact) mass is 348 g/mol. The number of halogens is 2. The van der Waals surface area contributed by atoms with Gasteiger partial charge in [0.1, 0.15) is 17.2 Å². The van der Waals surface area contributed by atoms with Crippen molar-refractivity contribution >= 4 is 15.9 Å². The zero-order valence-corrected chi connectivity index (χ0v) is 14.0. The molecule has 0 bridgehead atoms. The van der Waals surface area contributed by atoms with Crippen LogP contribution in [-0.2, 0) is 6.42 Å². The second-order valence-corrected chi connectivity index (χ2v) is 7.21. The summed E-state index contributed by atoms with van der Waals surface area (Å²) in [6, 6.07) is 11.5. The Balaban J connectivity index is 1.95. The van der Waals surface area contributed by atoms with E-state index in [0.29, 0.717) is 5.56 Å². The standard InChI is InChI=1S/C18H18BrFO/c1-11-4-6-14(15(20)8-11)17(19)12-5-7-16-13(9-12)10-18(2,3)21-16/h4-9,17H,10H2,1-3H3. The Hall–Kier alpha value is -1.35. The van der Waals surface area contributed by atoms with Crippen LogP contribution in [0.3, 0.4) is 0 Å². The first kappa shape index (κ1) is 14.6. The number of benzene rings is 2. The molecule has 0 amide bonds. The van der Waals surface area contributed by atoms with E-state index in [1.807, 2.05) is 31.2 Å². The lowest BCUT2D eigenvalue weighted by molar-refractivity contribution is 0.138. The van der Waals surface area contributed by atoms with Gasteiger partial charge in [0, 0.05) is 12.0 Å². The fourth-order valence-corrected chi connectivity index (χ4v) is 3.46. The molecule has 21 heavy (non-hydrogen) atoms. The summed E-state index contributed by atoms with van der Waals surface area (Å²) in [6.07, 6.45) is 0.881. The van der Waals surface area contributed by atoms with E-state index in [1.165, 1.54) is 5.56 Å². The van der Waals surface area contributed by atoms with E-state index in [0.717, 1.165) is 23.3 Å². The van der Waals surface area contributed by atoms with Crippen LogP contribution in [0.15, 0.2) is 36.4 Å². The van der Waals surface area contributed by atoms with Crippen molar-refractivity contribution in [3.05, 3.63) is 64.5 Å². The van der Waals surface area contributed by atoms with Gasteiger partial charge in [0.25, 0.3) is 0 Å². The van der Waals surface area contributed by atoms with Crippen LogP contribution in [0.2, 0.25) is 0 Å². The SMILES string of the molecule is Cc1ccc(C(Br)c2ccc3c(c2)CC(C)(C)O3)c(F)c1. The number of fused-ring (bicyclic) bond motifs is 1. The van der Waals surface area contributed by atoms with Crippen molar-refractivity contribution in [1.82, 2.24) is 0 Å². The van der Waals surface area contributed by atoms with Crippen molar-refractivity contribution in [3.8, 4) is 5.75 Å². The maximum Gasteiger partial charge on any atom is 0.128 e. The molecule has 0 radical (unpaired) electrons. The van der Waals surface area contributed by atoms with Gasteiger partial charge in [0.05, 0.1) is 4.83 Å². The molecule has 1 atom stereocenters. The highest BCUT2D eigenvalue weighted by Crippen LogP contribution is 2.39. The van der Waals surface area contributed by atoms with Gasteiger partial charge in [-0.1, -0.05) is 40.2 Å². The molecule has 1 aliphatic rings. The number of hydrogen-bond donors (Lipinski definition) is 0. The molecule has 0 N–H and O–H groups in total. The molecule has 3 rings (SSSR count). The minimum atomic E-state index is -0.172. The summed E-state index contributed by atoms with van der Waals surface area (Å²) in [7, 11) is 0. The van der Waals surface area contributed by atoms with Gasteiger partial charge in [-0.3, -0.25) is 0 Å². The predicted octanol–water partition coefficient (Wildman–Crippen LogP) is 5.33. The fourth-order valence-electron chi connectivity index (χ4n) is 2.80. The average molecular weight is 349 g/mol. The molecule has 0 fully saturated rings. The summed E-state index contributed by atoms with van der Waals surface area (Å²) >= 11 is 3.63. The van der Waals surface area contributed by atoms with Crippen LogP contribution in [-0.4, -0.2) is 5.60 Å². The summed E-state index contributed by atoms with van der Waals surface area (Å²) in [5, 5.41) is 0. The second-order valence-electron chi connectivity index (χ2n) is 6.29. The fraction of sp³-hybridized carbons (Fsp3) is 0.333. The molecule has 0 spiro atoms. The number of rotatable bonds is 2. The zero-order valence-electron chi connectivity index (χ0n) is 12.4. The minimum absolute atomic E-state index is 0.146. The molecule has 2 aromatic carbocycles. The molecule has 2 aromatic rings. The van der Waals surface area contributed by atoms with E-state index in [4.69, 9.17) is 4.74 Å². The van der Waals surface area contributed by atoms with Crippen LogP contribution in [0.5, 0.6) is 5.75 Å². The van der Waals surface area contributed by atoms with Gasteiger partial charge in [0.15, 0.2) is 0 Å². The lowest BCUT2D eigenvalue weighted by Crippen LogP contribution is -2.24. The predicted molar refractivity (Wildman–Crippen MR) is 86.8 cm³/mol. The van der Waals surface area contributed by atoms with E-state index in [2.05, 4.69) is 35.8 Å². The molecular weight excluding hydrogens is 331 g/mol. The van der Waals surface area contributed by atoms with Gasteiger partial charge in [-0.2, -0.15) is 0 Å². The van der Waals surface area contributed by atoms with E-state index in [-0.39, 0.29) is 16.2 Å². The zero-order chi connectivity index (χ0) is 15.2. The van der Waals surface area contributed by atoms with E-state index in [1.54, 1.807) is 6.07 Å². The van der Waals surface area contributed by atoms with E-state index >= 15 is 0 Å². The van der Waals surface area contributed by atoms with Gasteiger partial charge >= 0.3 is 0 Å². The molecule has 3 heteroatoms. The quantitative estimate of drug-likeness (QED) is 0.666. The highest BCUT2D eigenvalue weighted by Gasteiger charge is 2.30. The molecule has 1 aliphatic heterocycles. The third-order valence-corrected chi connectivity index (χ3v) is 4.83. The summed E-state index contributed by atoms with van der Waals surface area (Å²) in [5.74, 6) is 0.766. The van der Waals surface area contributed by atoms with Crippen molar-refractivity contribution in [2.75, 3.05) is 0 Å². The summed E-state index contributed by atoms with van der Waals surface area (Å²) < 4.78 is 20.0. The Bertz CT molecular complexity index is 694.